The molecule has 78 valence electrons. The predicted molar refractivity (Wildman–Crippen MR) is 59.9 cm³/mol. The van der Waals surface area contributed by atoms with E-state index in [1.54, 1.807) is 0 Å². The van der Waals surface area contributed by atoms with Crippen LogP contribution in [0.4, 0.5) is 0 Å². The Morgan fingerprint density at radius 3 is 2.47 bits per heavy atom. The lowest BCUT2D eigenvalue weighted by molar-refractivity contribution is -0.122. The Hall–Kier alpha value is -1.11. The molecule has 1 spiro atoms. The Bertz CT molecular complexity index is 408. The molecule has 1 nitrogen and oxygen atoms in total. The Kier molecular flexibility index (Phi) is 1.95. The molecule has 1 aromatic rings. The molecule has 2 aliphatic carbocycles. The molecule has 1 fully saturated rings. The normalized spacial score (nSPS) is 29.5. The van der Waals surface area contributed by atoms with Crippen LogP contribution in [0.3, 0.4) is 0 Å². The van der Waals surface area contributed by atoms with Crippen LogP contribution in [0.5, 0.6) is 0 Å². The third kappa shape index (κ3) is 1.19. The molecule has 1 aromatic carbocycles. The zero-order valence-electron chi connectivity index (χ0n) is 8.96. The molecule has 0 saturated heterocycles. The topological polar surface area (TPSA) is 17.1 Å². The summed E-state index contributed by atoms with van der Waals surface area (Å²) in [6.45, 7) is 0. The average Bonchev–Trinajstić information content (AvgIpc) is 2.62. The highest BCUT2D eigenvalue weighted by atomic mass is 16.1. The van der Waals surface area contributed by atoms with Crippen molar-refractivity contribution in [1.82, 2.24) is 0 Å². The molecule has 1 atom stereocenters. The van der Waals surface area contributed by atoms with Crippen molar-refractivity contribution < 1.29 is 4.79 Å². The van der Waals surface area contributed by atoms with Crippen LogP contribution in [0.1, 0.15) is 43.2 Å². The van der Waals surface area contributed by atoms with E-state index >= 15 is 0 Å². The molecule has 0 radical (unpaired) electrons. The highest BCUT2D eigenvalue weighted by molar-refractivity contribution is 5.92. The van der Waals surface area contributed by atoms with Crippen LogP contribution in [-0.4, -0.2) is 5.78 Å². The second-order valence-electron chi connectivity index (χ2n) is 4.87. The van der Waals surface area contributed by atoms with E-state index in [0.29, 0.717) is 5.78 Å². The number of carbonyl (C=O) groups excluding carboxylic acids is 1. The van der Waals surface area contributed by atoms with E-state index in [2.05, 4.69) is 24.3 Å². The molecule has 0 N–H and O–H groups in total. The lowest BCUT2D eigenvalue weighted by Gasteiger charge is -2.34. The van der Waals surface area contributed by atoms with Gasteiger partial charge < -0.3 is 0 Å². The standard InChI is InChI=1S/C14H16O/c15-13-8-4-10-14(13)9-3-6-11-5-1-2-7-12(11)14/h1-2,5,7H,3-4,6,8-10H2. The van der Waals surface area contributed by atoms with Crippen molar-refractivity contribution in [2.75, 3.05) is 0 Å². The fraction of sp³-hybridized carbons (Fsp3) is 0.500. The van der Waals surface area contributed by atoms with Gasteiger partial charge in [-0.3, -0.25) is 4.79 Å². The second-order valence-corrected chi connectivity index (χ2v) is 4.87. The average molecular weight is 200 g/mol. The van der Waals surface area contributed by atoms with Gasteiger partial charge in [-0.2, -0.15) is 0 Å². The monoisotopic (exact) mass is 200 g/mol. The molecule has 3 rings (SSSR count). The third-order valence-electron chi connectivity index (χ3n) is 4.12. The number of Topliss-reactive ketones (excluding diaryl/α,β-unsaturated/α-hetero) is 1. The predicted octanol–water partition coefficient (Wildman–Crippen LogP) is 3.01. The molecule has 0 heterocycles. The molecular formula is C14H16O. The Balaban J connectivity index is 2.16. The first kappa shape index (κ1) is 9.14. The minimum absolute atomic E-state index is 0.0746. The molecule has 0 bridgehead atoms. The Labute approximate surface area is 90.5 Å². The van der Waals surface area contributed by atoms with Gasteiger partial charge in [0.05, 0.1) is 5.41 Å². The number of ketones is 1. The molecule has 2 aliphatic rings. The summed E-state index contributed by atoms with van der Waals surface area (Å²) in [6.07, 6.45) is 6.40. The SMILES string of the molecule is O=C1CCCC12CCCc1ccccc12. The fourth-order valence-corrected chi connectivity index (χ4v) is 3.40. The molecule has 15 heavy (non-hydrogen) atoms. The largest absolute Gasteiger partial charge is 0.299 e. The van der Waals surface area contributed by atoms with Crippen molar-refractivity contribution >= 4 is 5.78 Å². The Morgan fingerprint density at radius 1 is 1.00 bits per heavy atom. The summed E-state index contributed by atoms with van der Waals surface area (Å²) < 4.78 is 0. The van der Waals surface area contributed by atoms with Crippen LogP contribution in [0.2, 0.25) is 0 Å². The molecule has 0 aromatic heterocycles. The molecule has 1 unspecified atom stereocenters. The van der Waals surface area contributed by atoms with Crippen molar-refractivity contribution in [3.05, 3.63) is 35.4 Å². The second kappa shape index (κ2) is 3.19. The van der Waals surface area contributed by atoms with Gasteiger partial charge >= 0.3 is 0 Å². The summed E-state index contributed by atoms with van der Waals surface area (Å²) in [5, 5.41) is 0. The first-order chi connectivity index (χ1) is 7.33. The van der Waals surface area contributed by atoms with E-state index in [9.17, 15) is 4.79 Å². The molecule has 0 aliphatic heterocycles. The zero-order valence-corrected chi connectivity index (χ0v) is 8.96. The lowest BCUT2D eigenvalue weighted by Crippen LogP contribution is -2.34. The summed E-state index contributed by atoms with van der Waals surface area (Å²) in [7, 11) is 0. The van der Waals surface area contributed by atoms with E-state index < -0.39 is 0 Å². The number of aryl methyl sites for hydroxylation is 1. The number of hydrogen-bond donors (Lipinski definition) is 0. The van der Waals surface area contributed by atoms with Crippen molar-refractivity contribution in [2.45, 2.75) is 43.9 Å². The highest BCUT2D eigenvalue weighted by Gasteiger charge is 2.45. The summed E-state index contributed by atoms with van der Waals surface area (Å²) in [5.41, 5.74) is 2.69. The van der Waals surface area contributed by atoms with E-state index in [1.807, 2.05) is 0 Å². The molecular weight excluding hydrogens is 184 g/mol. The molecule has 1 saturated carbocycles. The van der Waals surface area contributed by atoms with Gasteiger partial charge in [-0.05, 0) is 43.2 Å². The third-order valence-corrected chi connectivity index (χ3v) is 4.12. The minimum Gasteiger partial charge on any atom is -0.299 e. The van der Waals surface area contributed by atoms with Gasteiger partial charge in [0.25, 0.3) is 0 Å². The number of fused-ring (bicyclic) bond motifs is 2. The number of benzene rings is 1. The van der Waals surface area contributed by atoms with Crippen LogP contribution < -0.4 is 0 Å². The lowest BCUT2D eigenvalue weighted by atomic mass is 9.68. The van der Waals surface area contributed by atoms with E-state index in [1.165, 1.54) is 17.5 Å². The summed E-state index contributed by atoms with van der Waals surface area (Å²) >= 11 is 0. The van der Waals surface area contributed by atoms with Crippen molar-refractivity contribution in [1.29, 1.82) is 0 Å². The first-order valence-corrected chi connectivity index (χ1v) is 5.95. The van der Waals surface area contributed by atoms with Gasteiger partial charge in [-0.15, -0.1) is 0 Å². The van der Waals surface area contributed by atoms with E-state index in [-0.39, 0.29) is 5.41 Å². The maximum atomic E-state index is 12.1. The summed E-state index contributed by atoms with van der Waals surface area (Å²) in [6, 6.07) is 8.55. The Morgan fingerprint density at radius 2 is 1.73 bits per heavy atom. The minimum atomic E-state index is -0.0746. The summed E-state index contributed by atoms with van der Waals surface area (Å²) in [4.78, 5) is 12.1. The van der Waals surface area contributed by atoms with Crippen LogP contribution in [0, 0.1) is 0 Å². The molecule has 0 amide bonds. The maximum absolute atomic E-state index is 12.1. The smallest absolute Gasteiger partial charge is 0.143 e. The maximum Gasteiger partial charge on any atom is 0.143 e. The number of carbonyl (C=O) groups is 1. The quantitative estimate of drug-likeness (QED) is 0.629. The van der Waals surface area contributed by atoms with Crippen molar-refractivity contribution in [3.63, 3.8) is 0 Å². The van der Waals surface area contributed by atoms with Crippen molar-refractivity contribution in [2.24, 2.45) is 0 Å². The number of hydrogen-bond acceptors (Lipinski definition) is 1. The van der Waals surface area contributed by atoms with Crippen LogP contribution in [0.15, 0.2) is 24.3 Å². The van der Waals surface area contributed by atoms with Gasteiger partial charge in [0.15, 0.2) is 0 Å². The fourth-order valence-electron chi connectivity index (χ4n) is 3.40. The van der Waals surface area contributed by atoms with Gasteiger partial charge in [0.1, 0.15) is 5.78 Å². The highest BCUT2D eigenvalue weighted by Crippen LogP contribution is 2.46. The van der Waals surface area contributed by atoms with Crippen molar-refractivity contribution in [3.8, 4) is 0 Å². The van der Waals surface area contributed by atoms with Gasteiger partial charge in [0.2, 0.25) is 0 Å². The molecule has 1 heteroatoms. The van der Waals surface area contributed by atoms with E-state index in [4.69, 9.17) is 0 Å². The first-order valence-electron chi connectivity index (χ1n) is 5.95. The van der Waals surface area contributed by atoms with Crippen LogP contribution in [-0.2, 0) is 16.6 Å². The van der Waals surface area contributed by atoms with Gasteiger partial charge in [0, 0.05) is 6.42 Å². The van der Waals surface area contributed by atoms with Gasteiger partial charge in [-0.25, -0.2) is 0 Å². The zero-order chi connectivity index (χ0) is 10.3. The van der Waals surface area contributed by atoms with Crippen LogP contribution >= 0.6 is 0 Å². The van der Waals surface area contributed by atoms with E-state index in [0.717, 1.165) is 32.1 Å². The summed E-state index contributed by atoms with van der Waals surface area (Å²) in [5.74, 6) is 0.495. The van der Waals surface area contributed by atoms with Crippen LogP contribution in [0.25, 0.3) is 0 Å². The van der Waals surface area contributed by atoms with Gasteiger partial charge in [-0.1, -0.05) is 24.3 Å². The number of rotatable bonds is 0.